The van der Waals surface area contributed by atoms with E-state index in [0.717, 1.165) is 22.6 Å². The summed E-state index contributed by atoms with van der Waals surface area (Å²) in [5.74, 6) is 0. The second kappa shape index (κ2) is 7.56. The van der Waals surface area contributed by atoms with E-state index in [1.165, 1.54) is 0 Å². The van der Waals surface area contributed by atoms with Gasteiger partial charge in [0.1, 0.15) is 0 Å². The van der Waals surface area contributed by atoms with Crippen LogP contribution in [0.4, 0.5) is 0 Å². The van der Waals surface area contributed by atoms with Crippen LogP contribution in [-0.4, -0.2) is 17.3 Å². The van der Waals surface area contributed by atoms with Crippen molar-refractivity contribution in [2.75, 3.05) is 0 Å². The van der Waals surface area contributed by atoms with Gasteiger partial charge in [-0.05, 0) is 47.7 Å². The third-order valence-corrected chi connectivity index (χ3v) is 6.94. The van der Waals surface area contributed by atoms with Gasteiger partial charge in [0.2, 0.25) is 10.0 Å². The summed E-state index contributed by atoms with van der Waals surface area (Å²) < 4.78 is 29.9. The molecule has 0 saturated heterocycles. The highest BCUT2D eigenvalue weighted by Gasteiger charge is 2.26. The van der Waals surface area contributed by atoms with Gasteiger partial charge in [-0.25, -0.2) is 8.42 Å². The number of hydrogen-bond donors (Lipinski definition) is 0. The minimum absolute atomic E-state index is 0.343. The summed E-state index contributed by atoms with van der Waals surface area (Å²) in [6.45, 7) is 2.78. The van der Waals surface area contributed by atoms with E-state index in [1.54, 1.807) is 27.8 Å². The molecular formula is C19H22N2O2S2. The topological polar surface area (TPSA) is 42.3 Å². The van der Waals surface area contributed by atoms with Crippen molar-refractivity contribution >= 4 is 21.4 Å². The zero-order valence-corrected chi connectivity index (χ0v) is 16.1. The largest absolute Gasteiger partial charge is 0.353 e. The first kappa shape index (κ1) is 17.9. The number of sulfonamides is 1. The highest BCUT2D eigenvalue weighted by Crippen LogP contribution is 2.23. The lowest BCUT2D eigenvalue weighted by Gasteiger charge is -2.22. The van der Waals surface area contributed by atoms with Gasteiger partial charge in [-0.3, -0.25) is 0 Å². The van der Waals surface area contributed by atoms with Crippen LogP contribution in [0.1, 0.15) is 23.1 Å². The number of aromatic nitrogens is 1. The quantitative estimate of drug-likeness (QED) is 0.626. The van der Waals surface area contributed by atoms with Gasteiger partial charge in [-0.2, -0.15) is 4.31 Å². The fourth-order valence-electron chi connectivity index (χ4n) is 2.69. The number of aryl methyl sites for hydroxylation is 2. The Morgan fingerprint density at radius 3 is 2.36 bits per heavy atom. The molecule has 2 aromatic heterocycles. The minimum Gasteiger partial charge on any atom is -0.353 e. The second-order valence-electron chi connectivity index (χ2n) is 5.96. The molecule has 132 valence electrons. The molecule has 0 aliphatic carbocycles. The summed E-state index contributed by atoms with van der Waals surface area (Å²) >= 11 is 1.57. The Kier molecular flexibility index (Phi) is 5.42. The van der Waals surface area contributed by atoms with E-state index in [2.05, 4.69) is 6.92 Å². The Bertz CT molecular complexity index is 911. The zero-order chi connectivity index (χ0) is 17.9. The molecule has 0 fully saturated rings. The molecule has 0 bridgehead atoms. The molecule has 3 rings (SSSR count). The van der Waals surface area contributed by atoms with E-state index in [4.69, 9.17) is 0 Å². The van der Waals surface area contributed by atoms with Crippen molar-refractivity contribution in [1.82, 2.24) is 8.87 Å². The van der Waals surface area contributed by atoms with Gasteiger partial charge in [0.25, 0.3) is 0 Å². The molecule has 0 radical (unpaired) electrons. The van der Waals surface area contributed by atoms with Gasteiger partial charge in [0.05, 0.1) is 11.4 Å². The molecule has 0 aliphatic heterocycles. The van der Waals surface area contributed by atoms with Crippen molar-refractivity contribution in [3.63, 3.8) is 0 Å². The summed E-state index contributed by atoms with van der Waals surface area (Å²) in [6, 6.07) is 15.0. The molecule has 2 heterocycles. The molecular weight excluding hydrogens is 352 g/mol. The summed E-state index contributed by atoms with van der Waals surface area (Å²) in [6.07, 6.45) is 2.82. The fraction of sp³-hybridized carbons (Fsp3) is 0.263. The monoisotopic (exact) mass is 374 g/mol. The molecule has 0 atom stereocenters. The van der Waals surface area contributed by atoms with Crippen molar-refractivity contribution in [1.29, 1.82) is 0 Å². The smallest absolute Gasteiger partial charge is 0.243 e. The SMILES string of the molecule is CCc1ccc(S(=O)(=O)N(Cc2cccs2)Cc2cccn2C)cc1. The van der Waals surface area contributed by atoms with Gasteiger partial charge >= 0.3 is 0 Å². The maximum absolute atomic E-state index is 13.2. The van der Waals surface area contributed by atoms with Crippen LogP contribution in [0.3, 0.4) is 0 Å². The van der Waals surface area contributed by atoms with E-state index in [-0.39, 0.29) is 0 Å². The summed E-state index contributed by atoms with van der Waals surface area (Å²) in [4.78, 5) is 1.37. The number of benzene rings is 1. The van der Waals surface area contributed by atoms with Crippen LogP contribution in [0.15, 0.2) is 65.0 Å². The number of nitrogens with zero attached hydrogens (tertiary/aromatic N) is 2. The summed E-state index contributed by atoms with van der Waals surface area (Å²) in [5.41, 5.74) is 2.09. The number of thiophene rings is 1. The van der Waals surface area contributed by atoms with Gasteiger partial charge in [-0.15, -0.1) is 11.3 Å². The molecule has 6 heteroatoms. The third-order valence-electron chi connectivity index (χ3n) is 4.27. The first-order valence-electron chi connectivity index (χ1n) is 8.22. The predicted molar refractivity (Wildman–Crippen MR) is 102 cm³/mol. The standard InChI is InChI=1S/C19H22N2O2S2/c1-3-16-8-10-19(11-9-16)25(22,23)21(15-18-7-5-13-24-18)14-17-6-4-12-20(17)2/h4-13H,3,14-15H2,1-2H3. The molecule has 0 amide bonds. The Labute approximate surface area is 153 Å². The molecule has 0 N–H and O–H groups in total. The fourth-order valence-corrected chi connectivity index (χ4v) is 4.88. The lowest BCUT2D eigenvalue weighted by molar-refractivity contribution is 0.395. The van der Waals surface area contributed by atoms with E-state index >= 15 is 0 Å². The van der Waals surface area contributed by atoms with Crippen LogP contribution in [0, 0.1) is 0 Å². The normalized spacial score (nSPS) is 12.0. The molecule has 25 heavy (non-hydrogen) atoms. The Balaban J connectivity index is 1.94. The first-order valence-corrected chi connectivity index (χ1v) is 10.5. The van der Waals surface area contributed by atoms with E-state index in [1.807, 2.05) is 59.6 Å². The van der Waals surface area contributed by atoms with Crippen LogP contribution < -0.4 is 0 Å². The second-order valence-corrected chi connectivity index (χ2v) is 8.93. The van der Waals surface area contributed by atoms with E-state index in [9.17, 15) is 8.42 Å². The van der Waals surface area contributed by atoms with Crippen molar-refractivity contribution in [2.24, 2.45) is 7.05 Å². The Morgan fingerprint density at radius 2 is 1.80 bits per heavy atom. The van der Waals surface area contributed by atoms with Crippen LogP contribution in [0.2, 0.25) is 0 Å². The summed E-state index contributed by atoms with van der Waals surface area (Å²) in [7, 11) is -1.64. The van der Waals surface area contributed by atoms with E-state index < -0.39 is 10.0 Å². The van der Waals surface area contributed by atoms with Crippen molar-refractivity contribution in [2.45, 2.75) is 31.3 Å². The highest BCUT2D eigenvalue weighted by atomic mass is 32.2. The first-order chi connectivity index (χ1) is 12.0. The third kappa shape index (κ3) is 4.03. The van der Waals surface area contributed by atoms with Gasteiger partial charge in [0.15, 0.2) is 0 Å². The van der Waals surface area contributed by atoms with Gasteiger partial charge < -0.3 is 4.57 Å². The van der Waals surface area contributed by atoms with Crippen LogP contribution >= 0.6 is 11.3 Å². The average Bonchev–Trinajstić information content (AvgIpc) is 3.26. The maximum Gasteiger partial charge on any atom is 0.243 e. The lowest BCUT2D eigenvalue weighted by Crippen LogP contribution is -2.30. The molecule has 1 aromatic carbocycles. The van der Waals surface area contributed by atoms with Crippen molar-refractivity contribution < 1.29 is 8.42 Å². The number of rotatable bonds is 7. The van der Waals surface area contributed by atoms with Crippen molar-refractivity contribution in [3.8, 4) is 0 Å². The molecule has 4 nitrogen and oxygen atoms in total. The molecule has 0 saturated carbocycles. The van der Waals surface area contributed by atoms with Gasteiger partial charge in [-0.1, -0.05) is 25.1 Å². The van der Waals surface area contributed by atoms with Crippen LogP contribution in [0.5, 0.6) is 0 Å². The Morgan fingerprint density at radius 1 is 1.04 bits per heavy atom. The summed E-state index contributed by atoms with van der Waals surface area (Å²) in [5, 5.41) is 1.97. The van der Waals surface area contributed by atoms with E-state index in [0.29, 0.717) is 18.0 Å². The van der Waals surface area contributed by atoms with Crippen LogP contribution in [-0.2, 0) is 36.6 Å². The highest BCUT2D eigenvalue weighted by molar-refractivity contribution is 7.89. The molecule has 3 aromatic rings. The van der Waals surface area contributed by atoms with Crippen molar-refractivity contribution in [3.05, 3.63) is 76.2 Å². The van der Waals surface area contributed by atoms with Crippen LogP contribution in [0.25, 0.3) is 0 Å². The molecule has 0 spiro atoms. The number of hydrogen-bond acceptors (Lipinski definition) is 3. The maximum atomic E-state index is 13.2. The lowest BCUT2D eigenvalue weighted by atomic mass is 10.2. The minimum atomic E-state index is -3.57. The molecule has 0 unspecified atom stereocenters. The van der Waals surface area contributed by atoms with Gasteiger partial charge in [0, 0.05) is 30.4 Å². The predicted octanol–water partition coefficient (Wildman–Crippen LogP) is 4.04. The zero-order valence-electron chi connectivity index (χ0n) is 14.4. The molecule has 0 aliphatic rings. The Hall–Kier alpha value is -1.89. The average molecular weight is 375 g/mol.